The second-order valence-electron chi connectivity index (χ2n) is 6.07. The molecule has 1 aliphatic rings. The fourth-order valence-corrected chi connectivity index (χ4v) is 2.96. The monoisotopic (exact) mass is 447 g/mol. The highest BCUT2D eigenvalue weighted by Gasteiger charge is 2.19. The van der Waals surface area contributed by atoms with E-state index in [9.17, 15) is 0 Å². The standard InChI is InChI=1S/C18H29N3O2.HI/c1-14(13-22-2)21-18(19)20-11-6-12-23-17-10-5-8-15-7-3-4-9-16(15)17;/h3-4,7,9,14,17H,5-6,8,10-13H2,1-2H3,(H3,19,20,21);1H. The van der Waals surface area contributed by atoms with Gasteiger partial charge in [0, 0.05) is 26.3 Å². The first kappa shape index (κ1) is 21.2. The average molecular weight is 447 g/mol. The van der Waals surface area contributed by atoms with E-state index in [1.807, 2.05) is 6.92 Å². The third kappa shape index (κ3) is 6.94. The van der Waals surface area contributed by atoms with E-state index < -0.39 is 0 Å². The maximum Gasteiger partial charge on any atom is 0.188 e. The van der Waals surface area contributed by atoms with Gasteiger partial charge in [-0.1, -0.05) is 24.3 Å². The topological polar surface area (TPSA) is 68.9 Å². The minimum atomic E-state index is 0. The number of hydrogen-bond acceptors (Lipinski definition) is 3. The largest absolute Gasteiger partial charge is 0.383 e. The Kier molecular flexibility index (Phi) is 10.3. The number of rotatable bonds is 8. The normalized spacial score (nSPS) is 18.4. The molecule has 0 bridgehead atoms. The summed E-state index contributed by atoms with van der Waals surface area (Å²) in [6.07, 6.45) is 4.59. The molecule has 6 heteroatoms. The van der Waals surface area contributed by atoms with Crippen molar-refractivity contribution in [3.8, 4) is 0 Å². The van der Waals surface area contributed by atoms with E-state index in [0.29, 0.717) is 25.7 Å². The number of guanidine groups is 1. The molecule has 0 aliphatic heterocycles. The molecule has 3 N–H and O–H groups in total. The molecule has 1 aromatic rings. The first-order valence-electron chi connectivity index (χ1n) is 8.45. The van der Waals surface area contributed by atoms with E-state index in [1.54, 1.807) is 7.11 Å². The van der Waals surface area contributed by atoms with Gasteiger partial charge in [0.1, 0.15) is 0 Å². The van der Waals surface area contributed by atoms with Crippen molar-refractivity contribution in [2.75, 3.05) is 26.9 Å². The Labute approximate surface area is 162 Å². The third-order valence-corrected chi connectivity index (χ3v) is 4.03. The predicted molar refractivity (Wildman–Crippen MR) is 109 cm³/mol. The van der Waals surface area contributed by atoms with E-state index in [0.717, 1.165) is 12.8 Å². The Morgan fingerprint density at radius 1 is 1.42 bits per heavy atom. The van der Waals surface area contributed by atoms with Gasteiger partial charge in [-0.05, 0) is 43.7 Å². The fourth-order valence-electron chi connectivity index (χ4n) is 2.96. The van der Waals surface area contributed by atoms with Gasteiger partial charge in [0.25, 0.3) is 0 Å². The van der Waals surface area contributed by atoms with Gasteiger partial charge in [0.05, 0.1) is 12.7 Å². The number of ether oxygens (including phenoxy) is 2. The van der Waals surface area contributed by atoms with Crippen LogP contribution in [0.1, 0.15) is 43.4 Å². The van der Waals surface area contributed by atoms with Crippen LogP contribution in [0.5, 0.6) is 0 Å². The number of nitrogens with two attached hydrogens (primary N) is 1. The molecule has 0 saturated carbocycles. The van der Waals surface area contributed by atoms with Crippen LogP contribution in [0, 0.1) is 0 Å². The zero-order valence-electron chi connectivity index (χ0n) is 14.7. The van der Waals surface area contributed by atoms with Crippen LogP contribution in [0.4, 0.5) is 0 Å². The number of nitrogens with one attached hydrogen (secondary N) is 1. The highest BCUT2D eigenvalue weighted by molar-refractivity contribution is 14.0. The molecular weight excluding hydrogens is 417 g/mol. The number of aryl methyl sites for hydroxylation is 1. The van der Waals surface area contributed by atoms with Gasteiger partial charge in [0.2, 0.25) is 0 Å². The number of aliphatic imine (C=N–C) groups is 1. The van der Waals surface area contributed by atoms with Crippen LogP contribution in [0.15, 0.2) is 29.3 Å². The molecule has 2 rings (SSSR count). The molecule has 0 heterocycles. The summed E-state index contributed by atoms with van der Waals surface area (Å²) in [5, 5.41) is 3.10. The summed E-state index contributed by atoms with van der Waals surface area (Å²) in [7, 11) is 1.67. The first-order valence-corrected chi connectivity index (χ1v) is 8.45. The smallest absolute Gasteiger partial charge is 0.188 e. The molecule has 0 fully saturated rings. The van der Waals surface area contributed by atoms with Gasteiger partial charge in [-0.3, -0.25) is 4.99 Å². The summed E-state index contributed by atoms with van der Waals surface area (Å²) >= 11 is 0. The minimum Gasteiger partial charge on any atom is -0.383 e. The molecule has 5 nitrogen and oxygen atoms in total. The van der Waals surface area contributed by atoms with Crippen molar-refractivity contribution in [1.29, 1.82) is 0 Å². The van der Waals surface area contributed by atoms with E-state index in [-0.39, 0.29) is 36.1 Å². The Morgan fingerprint density at radius 3 is 3.00 bits per heavy atom. The summed E-state index contributed by atoms with van der Waals surface area (Å²) in [5.74, 6) is 0.470. The lowest BCUT2D eigenvalue weighted by Gasteiger charge is -2.25. The molecule has 2 unspecified atom stereocenters. The summed E-state index contributed by atoms with van der Waals surface area (Å²) in [4.78, 5) is 4.32. The average Bonchev–Trinajstić information content (AvgIpc) is 2.55. The van der Waals surface area contributed by atoms with Gasteiger partial charge in [-0.15, -0.1) is 24.0 Å². The molecule has 0 spiro atoms. The van der Waals surface area contributed by atoms with Crippen LogP contribution in [0.2, 0.25) is 0 Å². The van der Waals surface area contributed by atoms with E-state index >= 15 is 0 Å². The highest BCUT2D eigenvalue weighted by atomic mass is 127. The summed E-state index contributed by atoms with van der Waals surface area (Å²) < 4.78 is 11.1. The second-order valence-corrected chi connectivity index (χ2v) is 6.07. The molecule has 0 saturated heterocycles. The predicted octanol–water partition coefficient (Wildman–Crippen LogP) is 3.03. The Hall–Kier alpha value is -0.860. The number of hydrogen-bond donors (Lipinski definition) is 2. The van der Waals surface area contributed by atoms with E-state index in [1.165, 1.54) is 24.0 Å². The summed E-state index contributed by atoms with van der Waals surface area (Å²) in [6, 6.07) is 8.77. The van der Waals surface area contributed by atoms with Crippen molar-refractivity contribution in [2.24, 2.45) is 10.7 Å². The van der Waals surface area contributed by atoms with Crippen LogP contribution in [-0.4, -0.2) is 38.9 Å². The molecule has 0 aromatic heterocycles. The van der Waals surface area contributed by atoms with Gasteiger partial charge in [-0.25, -0.2) is 0 Å². The molecule has 24 heavy (non-hydrogen) atoms. The SMILES string of the molecule is COCC(C)NC(N)=NCCCOC1CCCc2ccccc21.I. The zero-order chi connectivity index (χ0) is 16.5. The van der Waals surface area contributed by atoms with Crippen molar-refractivity contribution in [3.05, 3.63) is 35.4 Å². The number of fused-ring (bicyclic) bond motifs is 1. The number of benzene rings is 1. The molecule has 2 atom stereocenters. The maximum absolute atomic E-state index is 6.06. The lowest BCUT2D eigenvalue weighted by molar-refractivity contribution is 0.0403. The quantitative estimate of drug-likeness (QED) is 0.278. The maximum atomic E-state index is 6.06. The molecular formula is C18H30IN3O2. The van der Waals surface area contributed by atoms with Gasteiger partial charge < -0.3 is 20.5 Å². The summed E-state index contributed by atoms with van der Waals surface area (Å²) in [6.45, 7) is 4.01. The number of halogens is 1. The van der Waals surface area contributed by atoms with E-state index in [2.05, 4.69) is 34.6 Å². The van der Waals surface area contributed by atoms with Crippen LogP contribution < -0.4 is 11.1 Å². The van der Waals surface area contributed by atoms with Crippen molar-refractivity contribution in [3.63, 3.8) is 0 Å². The Bertz CT molecular complexity index is 511. The molecule has 0 amide bonds. The molecule has 0 radical (unpaired) electrons. The lowest BCUT2D eigenvalue weighted by atomic mass is 9.89. The summed E-state index contributed by atoms with van der Waals surface area (Å²) in [5.41, 5.74) is 8.63. The third-order valence-electron chi connectivity index (χ3n) is 4.03. The van der Waals surface area contributed by atoms with E-state index in [4.69, 9.17) is 15.2 Å². The Morgan fingerprint density at radius 2 is 2.21 bits per heavy atom. The van der Waals surface area contributed by atoms with Crippen LogP contribution in [0.3, 0.4) is 0 Å². The van der Waals surface area contributed by atoms with Crippen LogP contribution in [-0.2, 0) is 15.9 Å². The minimum absolute atomic E-state index is 0. The molecule has 1 aromatic carbocycles. The van der Waals surface area contributed by atoms with Gasteiger partial charge in [-0.2, -0.15) is 0 Å². The van der Waals surface area contributed by atoms with Crippen LogP contribution in [0.25, 0.3) is 0 Å². The van der Waals surface area contributed by atoms with Crippen molar-refractivity contribution < 1.29 is 9.47 Å². The molecule has 1 aliphatic carbocycles. The first-order chi connectivity index (χ1) is 11.2. The zero-order valence-corrected chi connectivity index (χ0v) is 17.0. The number of methoxy groups -OCH3 is 1. The fraction of sp³-hybridized carbons (Fsp3) is 0.611. The van der Waals surface area contributed by atoms with Gasteiger partial charge in [0.15, 0.2) is 5.96 Å². The van der Waals surface area contributed by atoms with Crippen molar-refractivity contribution >= 4 is 29.9 Å². The molecule has 136 valence electrons. The second kappa shape index (κ2) is 11.7. The van der Waals surface area contributed by atoms with Crippen molar-refractivity contribution in [1.82, 2.24) is 5.32 Å². The lowest BCUT2D eigenvalue weighted by Crippen LogP contribution is -2.40. The highest BCUT2D eigenvalue weighted by Crippen LogP contribution is 2.32. The van der Waals surface area contributed by atoms with Gasteiger partial charge >= 0.3 is 0 Å². The Balaban J connectivity index is 0.00000288. The van der Waals surface area contributed by atoms with Crippen LogP contribution >= 0.6 is 24.0 Å². The van der Waals surface area contributed by atoms with Crippen molar-refractivity contribution in [2.45, 2.75) is 44.8 Å². The number of nitrogens with zero attached hydrogens (tertiary/aromatic N) is 1.